The molecule has 0 aromatic heterocycles. The van der Waals surface area contributed by atoms with E-state index < -0.39 is 28.5 Å². The van der Waals surface area contributed by atoms with Crippen LogP contribution in [0.4, 0.5) is 0 Å². The Bertz CT molecular complexity index is 927. The smallest absolute Gasteiger partial charge is 0.338 e. The molecule has 0 atom stereocenters. The number of aryl methyl sites for hydroxylation is 1. The first-order valence-electron chi connectivity index (χ1n) is 7.48. The van der Waals surface area contributed by atoms with Crippen molar-refractivity contribution in [3.05, 3.63) is 64.2 Å². The van der Waals surface area contributed by atoms with Crippen LogP contribution in [0.15, 0.2) is 47.4 Å². The maximum absolute atomic E-state index is 12.1. The Balaban J connectivity index is 1.93. The zero-order chi connectivity index (χ0) is 19.3. The highest BCUT2D eigenvalue weighted by Crippen LogP contribution is 2.15. The van der Waals surface area contributed by atoms with E-state index in [9.17, 15) is 18.0 Å². The largest absolute Gasteiger partial charge is 0.452 e. The molecule has 26 heavy (non-hydrogen) atoms. The Labute approximate surface area is 156 Å². The molecule has 3 N–H and O–H groups in total. The molecule has 0 fully saturated rings. The van der Waals surface area contributed by atoms with Crippen molar-refractivity contribution in [3.63, 3.8) is 0 Å². The van der Waals surface area contributed by atoms with Crippen LogP contribution in [0.3, 0.4) is 0 Å². The molecule has 0 aliphatic carbocycles. The molecule has 0 unspecified atom stereocenters. The van der Waals surface area contributed by atoms with Crippen LogP contribution in [0.1, 0.15) is 21.5 Å². The fraction of sp³-hybridized carbons (Fsp3) is 0.176. The standard InChI is InChI=1S/C17H17ClN2O5S/c1-11-2-7-14(26(19,23)24)8-15(11)17(22)25-10-16(21)20-9-12-3-5-13(18)6-4-12/h2-8H,9-10H2,1H3,(H,20,21)(H2,19,23,24). The number of sulfonamides is 1. The van der Waals surface area contributed by atoms with Gasteiger partial charge in [-0.15, -0.1) is 0 Å². The van der Waals surface area contributed by atoms with Gasteiger partial charge in [0.15, 0.2) is 6.61 Å². The van der Waals surface area contributed by atoms with Gasteiger partial charge in [-0.3, -0.25) is 4.79 Å². The first-order valence-corrected chi connectivity index (χ1v) is 9.41. The third-order valence-electron chi connectivity index (χ3n) is 3.49. The SMILES string of the molecule is Cc1ccc(S(N)(=O)=O)cc1C(=O)OCC(=O)NCc1ccc(Cl)cc1. The quantitative estimate of drug-likeness (QED) is 0.722. The molecule has 9 heteroatoms. The number of halogens is 1. The summed E-state index contributed by atoms with van der Waals surface area (Å²) in [6.45, 7) is 1.38. The number of primary sulfonamides is 1. The topological polar surface area (TPSA) is 116 Å². The van der Waals surface area contributed by atoms with Crippen LogP contribution in [0.2, 0.25) is 5.02 Å². The van der Waals surface area contributed by atoms with Gasteiger partial charge in [-0.1, -0.05) is 29.8 Å². The molecule has 0 heterocycles. The van der Waals surface area contributed by atoms with E-state index in [0.717, 1.165) is 11.6 Å². The van der Waals surface area contributed by atoms with E-state index in [2.05, 4.69) is 5.32 Å². The van der Waals surface area contributed by atoms with Crippen molar-refractivity contribution in [1.29, 1.82) is 0 Å². The Morgan fingerprint density at radius 2 is 1.81 bits per heavy atom. The van der Waals surface area contributed by atoms with E-state index >= 15 is 0 Å². The van der Waals surface area contributed by atoms with Crippen LogP contribution in [0.25, 0.3) is 0 Å². The number of nitrogens with one attached hydrogen (secondary N) is 1. The van der Waals surface area contributed by atoms with Crippen LogP contribution in [0, 0.1) is 6.92 Å². The second-order valence-electron chi connectivity index (χ2n) is 5.50. The van der Waals surface area contributed by atoms with Crippen molar-refractivity contribution < 1.29 is 22.7 Å². The van der Waals surface area contributed by atoms with Crippen LogP contribution >= 0.6 is 11.6 Å². The zero-order valence-corrected chi connectivity index (χ0v) is 15.4. The second-order valence-corrected chi connectivity index (χ2v) is 7.50. The normalized spacial score (nSPS) is 11.0. The molecule has 138 valence electrons. The third kappa shape index (κ3) is 5.55. The number of nitrogens with two attached hydrogens (primary N) is 1. The summed E-state index contributed by atoms with van der Waals surface area (Å²) in [6.07, 6.45) is 0. The minimum atomic E-state index is -3.95. The first-order chi connectivity index (χ1) is 12.2. The number of esters is 1. The van der Waals surface area contributed by atoms with E-state index in [-0.39, 0.29) is 17.0 Å². The lowest BCUT2D eigenvalue weighted by Gasteiger charge is -2.09. The van der Waals surface area contributed by atoms with Gasteiger partial charge in [-0.05, 0) is 42.3 Å². The molecular weight excluding hydrogens is 380 g/mol. The van der Waals surface area contributed by atoms with E-state index in [1.54, 1.807) is 31.2 Å². The summed E-state index contributed by atoms with van der Waals surface area (Å²) in [6, 6.07) is 10.8. The highest BCUT2D eigenvalue weighted by Gasteiger charge is 2.17. The van der Waals surface area contributed by atoms with Crippen LogP contribution < -0.4 is 10.5 Å². The van der Waals surface area contributed by atoms with Gasteiger partial charge in [0.2, 0.25) is 10.0 Å². The van der Waals surface area contributed by atoms with E-state index in [1.807, 2.05) is 0 Å². The van der Waals surface area contributed by atoms with Gasteiger partial charge in [0.25, 0.3) is 5.91 Å². The number of rotatable bonds is 6. The van der Waals surface area contributed by atoms with Crippen molar-refractivity contribution in [2.45, 2.75) is 18.4 Å². The maximum Gasteiger partial charge on any atom is 0.338 e. The van der Waals surface area contributed by atoms with Gasteiger partial charge in [0, 0.05) is 11.6 Å². The molecule has 7 nitrogen and oxygen atoms in total. The lowest BCUT2D eigenvalue weighted by molar-refractivity contribution is -0.124. The molecule has 1 amide bonds. The Kier molecular flexibility index (Phi) is 6.36. The van der Waals surface area contributed by atoms with E-state index in [4.69, 9.17) is 21.5 Å². The van der Waals surface area contributed by atoms with Crippen molar-refractivity contribution >= 4 is 33.5 Å². The number of ether oxygens (including phenoxy) is 1. The van der Waals surface area contributed by atoms with Crippen molar-refractivity contribution in [1.82, 2.24) is 5.32 Å². The van der Waals surface area contributed by atoms with Crippen LogP contribution in [0.5, 0.6) is 0 Å². The van der Waals surface area contributed by atoms with Gasteiger partial charge in [-0.2, -0.15) is 0 Å². The number of amides is 1. The number of benzene rings is 2. The summed E-state index contributed by atoms with van der Waals surface area (Å²) in [5.74, 6) is -1.30. The molecule has 2 aromatic carbocycles. The number of carbonyl (C=O) groups excluding carboxylic acids is 2. The summed E-state index contributed by atoms with van der Waals surface area (Å²) in [7, 11) is -3.95. The summed E-state index contributed by atoms with van der Waals surface area (Å²) < 4.78 is 27.7. The number of hydrogen-bond donors (Lipinski definition) is 2. The molecule has 0 saturated heterocycles. The Hall–Kier alpha value is -2.42. The second kappa shape index (κ2) is 8.31. The molecule has 0 radical (unpaired) electrons. The fourth-order valence-electron chi connectivity index (χ4n) is 2.06. The number of carbonyl (C=O) groups is 2. The van der Waals surface area contributed by atoms with E-state index in [0.29, 0.717) is 10.6 Å². The predicted molar refractivity (Wildman–Crippen MR) is 96.1 cm³/mol. The average Bonchev–Trinajstić information content (AvgIpc) is 2.58. The first kappa shape index (κ1) is 19.9. The van der Waals surface area contributed by atoms with Gasteiger partial charge in [0.05, 0.1) is 10.5 Å². The molecule has 0 saturated carbocycles. The molecule has 0 spiro atoms. The van der Waals surface area contributed by atoms with E-state index in [1.165, 1.54) is 12.1 Å². The summed E-state index contributed by atoms with van der Waals surface area (Å²) in [5.41, 5.74) is 1.37. The Morgan fingerprint density at radius 3 is 2.42 bits per heavy atom. The molecule has 2 aromatic rings. The molecule has 0 aliphatic heterocycles. The third-order valence-corrected chi connectivity index (χ3v) is 4.66. The summed E-state index contributed by atoms with van der Waals surface area (Å²) >= 11 is 5.78. The van der Waals surface area contributed by atoms with Gasteiger partial charge >= 0.3 is 5.97 Å². The lowest BCUT2D eigenvalue weighted by atomic mass is 10.1. The summed E-state index contributed by atoms with van der Waals surface area (Å²) in [4.78, 5) is 23.7. The van der Waals surface area contributed by atoms with Crippen LogP contribution in [-0.2, 0) is 26.1 Å². The monoisotopic (exact) mass is 396 g/mol. The van der Waals surface area contributed by atoms with Crippen molar-refractivity contribution in [2.24, 2.45) is 5.14 Å². The maximum atomic E-state index is 12.1. The lowest BCUT2D eigenvalue weighted by Crippen LogP contribution is -2.28. The fourth-order valence-corrected chi connectivity index (χ4v) is 2.73. The highest BCUT2D eigenvalue weighted by atomic mass is 35.5. The Morgan fingerprint density at radius 1 is 1.15 bits per heavy atom. The summed E-state index contributed by atoms with van der Waals surface area (Å²) in [5, 5.41) is 8.24. The number of hydrogen-bond acceptors (Lipinski definition) is 5. The average molecular weight is 397 g/mol. The van der Waals surface area contributed by atoms with Crippen molar-refractivity contribution in [3.8, 4) is 0 Å². The molecular formula is C17H17ClN2O5S. The van der Waals surface area contributed by atoms with Gasteiger partial charge in [0.1, 0.15) is 0 Å². The minimum absolute atomic E-state index is 0.0297. The molecule has 0 bridgehead atoms. The molecule has 0 aliphatic rings. The zero-order valence-electron chi connectivity index (χ0n) is 13.9. The van der Waals surface area contributed by atoms with Crippen molar-refractivity contribution in [2.75, 3.05) is 6.61 Å². The van der Waals surface area contributed by atoms with Gasteiger partial charge in [-0.25, -0.2) is 18.4 Å². The molecule has 2 rings (SSSR count). The minimum Gasteiger partial charge on any atom is -0.452 e. The van der Waals surface area contributed by atoms with Crippen LogP contribution in [-0.4, -0.2) is 26.9 Å². The predicted octanol–water partition coefficient (Wildman–Crippen LogP) is 1.77. The van der Waals surface area contributed by atoms with Gasteiger partial charge < -0.3 is 10.1 Å². The highest BCUT2D eigenvalue weighted by molar-refractivity contribution is 7.89.